The Balaban J connectivity index is 1.79. The third-order valence-electron chi connectivity index (χ3n) is 7.39. The molecule has 1 spiro atoms. The molecule has 0 saturated heterocycles. The summed E-state index contributed by atoms with van der Waals surface area (Å²) in [6.07, 6.45) is 3.38. The van der Waals surface area contributed by atoms with Crippen LogP contribution in [-0.2, 0) is 4.79 Å². The molecule has 0 N–H and O–H groups in total. The molecule has 0 heterocycles. The van der Waals surface area contributed by atoms with Gasteiger partial charge in [0.1, 0.15) is 0 Å². The van der Waals surface area contributed by atoms with Crippen molar-refractivity contribution in [3.63, 3.8) is 0 Å². The second-order valence-electron chi connectivity index (χ2n) is 8.22. The number of rotatable bonds is 1. The molecule has 3 fully saturated rings. The summed E-state index contributed by atoms with van der Waals surface area (Å²) in [5.41, 5.74) is 3.85. The van der Waals surface area contributed by atoms with Crippen molar-refractivity contribution in [1.82, 2.24) is 0 Å². The summed E-state index contributed by atoms with van der Waals surface area (Å²) in [7, 11) is 0. The van der Waals surface area contributed by atoms with E-state index in [1.165, 1.54) is 17.5 Å². The summed E-state index contributed by atoms with van der Waals surface area (Å²) in [5.74, 6) is 1.54. The maximum atomic E-state index is 13.1. The fourth-order valence-electron chi connectivity index (χ4n) is 5.96. The zero-order valence-electron chi connectivity index (χ0n) is 13.7. The van der Waals surface area contributed by atoms with Crippen molar-refractivity contribution in [2.45, 2.75) is 41.0 Å². The first kappa shape index (κ1) is 13.3. The van der Waals surface area contributed by atoms with Crippen LogP contribution < -0.4 is 0 Å². The molecule has 1 aromatic carbocycles. The van der Waals surface area contributed by atoms with Gasteiger partial charge in [-0.15, -0.1) is 0 Å². The van der Waals surface area contributed by atoms with Crippen LogP contribution in [0.5, 0.6) is 0 Å². The Bertz CT molecular complexity index is 678. The largest absolute Gasteiger partial charge is 0.294 e. The van der Waals surface area contributed by atoms with Crippen molar-refractivity contribution >= 4 is 11.9 Å². The molecule has 0 bridgehead atoms. The summed E-state index contributed by atoms with van der Waals surface area (Å²) < 4.78 is 0. The molecule has 4 rings (SSSR count). The average Bonchev–Trinajstić information content (AvgIpc) is 2.75. The second kappa shape index (κ2) is 3.51. The molecule has 21 heavy (non-hydrogen) atoms. The Kier molecular flexibility index (Phi) is 2.22. The van der Waals surface area contributed by atoms with Gasteiger partial charge in [-0.1, -0.05) is 57.5 Å². The highest BCUT2D eigenvalue weighted by Crippen LogP contribution is 2.93. The molecule has 110 valence electrons. The van der Waals surface area contributed by atoms with E-state index in [1.807, 2.05) is 0 Å². The Labute approximate surface area is 127 Å². The van der Waals surface area contributed by atoms with E-state index >= 15 is 0 Å². The highest BCUT2D eigenvalue weighted by Gasteiger charge is 2.92. The van der Waals surface area contributed by atoms with Gasteiger partial charge in [0.05, 0.1) is 0 Å². The molecule has 0 radical (unpaired) electrons. The summed E-state index contributed by atoms with van der Waals surface area (Å²) in [6.45, 7) is 11.2. The molecule has 3 aliphatic rings. The lowest BCUT2D eigenvalue weighted by atomic mass is 9.58. The Morgan fingerprint density at radius 1 is 1.14 bits per heavy atom. The Morgan fingerprint density at radius 3 is 2.33 bits per heavy atom. The standard InChI is InChI=1S/C20H24O/c1-12-6-8-14(9-7-12)10-15-16-13(2)11-20(16)18(3,4)19(20,5)17(15)21/h6-10,13,16H,11H2,1-5H3/b15-10-. The van der Waals surface area contributed by atoms with Gasteiger partial charge in [0, 0.05) is 11.0 Å². The van der Waals surface area contributed by atoms with E-state index in [0.29, 0.717) is 17.6 Å². The topological polar surface area (TPSA) is 17.1 Å². The maximum Gasteiger partial charge on any atom is 0.166 e. The lowest BCUT2D eigenvalue weighted by Crippen LogP contribution is -2.39. The van der Waals surface area contributed by atoms with E-state index in [0.717, 1.165) is 5.57 Å². The minimum atomic E-state index is -0.117. The number of ketones is 1. The predicted molar refractivity (Wildman–Crippen MR) is 85.8 cm³/mol. The first-order valence-electron chi connectivity index (χ1n) is 8.10. The van der Waals surface area contributed by atoms with Gasteiger partial charge in [-0.05, 0) is 47.6 Å². The third kappa shape index (κ3) is 1.16. The molecule has 3 saturated carbocycles. The van der Waals surface area contributed by atoms with Crippen LogP contribution in [0.3, 0.4) is 0 Å². The molecule has 0 aliphatic heterocycles. The molecule has 3 aliphatic carbocycles. The monoisotopic (exact) mass is 280 g/mol. The van der Waals surface area contributed by atoms with E-state index in [9.17, 15) is 4.79 Å². The molecular weight excluding hydrogens is 256 g/mol. The van der Waals surface area contributed by atoms with Crippen LogP contribution in [0.4, 0.5) is 0 Å². The SMILES string of the molecule is Cc1ccc(/C=C2\C(=O)C3(C)C(C)(C)C34CC(C)C24)cc1. The van der Waals surface area contributed by atoms with Crippen LogP contribution in [0.15, 0.2) is 29.8 Å². The van der Waals surface area contributed by atoms with Gasteiger partial charge in [0.25, 0.3) is 0 Å². The van der Waals surface area contributed by atoms with Crippen molar-refractivity contribution in [3.05, 3.63) is 41.0 Å². The summed E-state index contributed by atoms with van der Waals surface area (Å²) in [4.78, 5) is 13.1. The lowest BCUT2D eigenvalue weighted by molar-refractivity contribution is -0.120. The van der Waals surface area contributed by atoms with Crippen LogP contribution in [0, 0.1) is 35.0 Å². The minimum absolute atomic E-state index is 0.117. The van der Waals surface area contributed by atoms with E-state index in [1.54, 1.807) is 0 Å². The van der Waals surface area contributed by atoms with Gasteiger partial charge in [0.15, 0.2) is 5.78 Å². The number of carbonyl (C=O) groups is 1. The number of benzene rings is 1. The fourth-order valence-corrected chi connectivity index (χ4v) is 5.96. The zero-order valence-corrected chi connectivity index (χ0v) is 13.7. The van der Waals surface area contributed by atoms with Gasteiger partial charge < -0.3 is 0 Å². The molecule has 1 heteroatoms. The van der Waals surface area contributed by atoms with E-state index < -0.39 is 0 Å². The first-order valence-corrected chi connectivity index (χ1v) is 8.10. The van der Waals surface area contributed by atoms with Gasteiger partial charge in [-0.25, -0.2) is 0 Å². The van der Waals surface area contributed by atoms with Crippen LogP contribution in [0.25, 0.3) is 6.08 Å². The molecular formula is C20H24O. The zero-order chi connectivity index (χ0) is 15.2. The van der Waals surface area contributed by atoms with E-state index in [-0.39, 0.29) is 16.2 Å². The maximum absolute atomic E-state index is 13.1. The number of aryl methyl sites for hydroxylation is 1. The smallest absolute Gasteiger partial charge is 0.166 e. The van der Waals surface area contributed by atoms with Crippen LogP contribution >= 0.6 is 0 Å². The number of Topliss-reactive ketones (excluding diaryl/α,β-unsaturated/α-hetero) is 1. The fraction of sp³-hybridized carbons (Fsp3) is 0.550. The Morgan fingerprint density at radius 2 is 1.76 bits per heavy atom. The minimum Gasteiger partial charge on any atom is -0.294 e. The number of carbonyl (C=O) groups excluding carboxylic acids is 1. The highest BCUT2D eigenvalue weighted by atomic mass is 16.1. The summed E-state index contributed by atoms with van der Waals surface area (Å²) in [6, 6.07) is 8.50. The van der Waals surface area contributed by atoms with Crippen molar-refractivity contribution < 1.29 is 4.79 Å². The number of hydrogen-bond acceptors (Lipinski definition) is 1. The number of hydrogen-bond donors (Lipinski definition) is 0. The molecule has 4 atom stereocenters. The second-order valence-corrected chi connectivity index (χ2v) is 8.22. The van der Waals surface area contributed by atoms with E-state index in [2.05, 4.69) is 65.0 Å². The molecule has 0 amide bonds. The summed E-state index contributed by atoms with van der Waals surface area (Å²) in [5, 5.41) is 0. The van der Waals surface area contributed by atoms with Gasteiger partial charge in [0.2, 0.25) is 0 Å². The summed E-state index contributed by atoms with van der Waals surface area (Å²) >= 11 is 0. The van der Waals surface area contributed by atoms with Crippen molar-refractivity contribution in [2.24, 2.45) is 28.1 Å². The number of allylic oxidation sites excluding steroid dienone is 1. The molecule has 1 aromatic rings. The molecule has 1 nitrogen and oxygen atoms in total. The molecule has 0 aromatic heterocycles. The Hall–Kier alpha value is -1.37. The van der Waals surface area contributed by atoms with Gasteiger partial charge in [-0.2, -0.15) is 0 Å². The van der Waals surface area contributed by atoms with E-state index in [4.69, 9.17) is 0 Å². The highest BCUT2D eigenvalue weighted by molar-refractivity contribution is 6.11. The average molecular weight is 280 g/mol. The van der Waals surface area contributed by atoms with Crippen molar-refractivity contribution in [2.75, 3.05) is 0 Å². The van der Waals surface area contributed by atoms with Crippen LogP contribution in [0.2, 0.25) is 0 Å². The lowest BCUT2D eigenvalue weighted by Gasteiger charge is -2.45. The first-order chi connectivity index (χ1) is 9.77. The van der Waals surface area contributed by atoms with Crippen LogP contribution in [-0.4, -0.2) is 5.78 Å². The quantitative estimate of drug-likeness (QED) is 0.684. The normalized spacial score (nSPS) is 44.2. The third-order valence-corrected chi connectivity index (χ3v) is 7.39. The predicted octanol–water partition coefficient (Wildman–Crippen LogP) is 4.65. The van der Waals surface area contributed by atoms with Crippen molar-refractivity contribution in [3.8, 4) is 0 Å². The molecule has 4 unspecified atom stereocenters. The van der Waals surface area contributed by atoms with Gasteiger partial charge >= 0.3 is 0 Å². The van der Waals surface area contributed by atoms with Gasteiger partial charge in [-0.3, -0.25) is 4.79 Å². The van der Waals surface area contributed by atoms with Crippen molar-refractivity contribution in [1.29, 1.82) is 0 Å². The van der Waals surface area contributed by atoms with Crippen LogP contribution in [0.1, 0.15) is 45.2 Å².